The maximum Gasteiger partial charge on any atom is 0.000207 e. The smallest absolute Gasteiger partial charge is 0.000207 e. The summed E-state index contributed by atoms with van der Waals surface area (Å²) in [5, 5.41) is 5.28. The lowest BCUT2D eigenvalue weighted by molar-refractivity contribution is 0.516. The van der Waals surface area contributed by atoms with Crippen LogP contribution in [0.15, 0.2) is 103 Å². The number of aryl methyl sites for hydroxylation is 2. The SMILES string of the molecule is Cc1ccc(C(c2ccc(C)cc2)=c2ccc3c(c2C2=CC(C(C)(C)C)=CC2C)C=c2ccccc2=3)cc1. The van der Waals surface area contributed by atoms with Crippen LogP contribution in [0.1, 0.15) is 61.1 Å². The van der Waals surface area contributed by atoms with E-state index < -0.39 is 0 Å². The van der Waals surface area contributed by atoms with Gasteiger partial charge in [-0.3, -0.25) is 0 Å². The van der Waals surface area contributed by atoms with Crippen molar-refractivity contribution in [1.29, 1.82) is 0 Å². The van der Waals surface area contributed by atoms with E-state index in [1.165, 1.54) is 71.0 Å². The first-order valence-corrected chi connectivity index (χ1v) is 13.8. The second-order valence-electron chi connectivity index (χ2n) is 12.0. The molecule has 1 unspecified atom stereocenters. The zero-order valence-electron chi connectivity index (χ0n) is 23.4. The van der Waals surface area contributed by atoms with Gasteiger partial charge in [0.25, 0.3) is 0 Å². The fraction of sp³-hybridized carbons (Fsp3) is 0.211. The molecule has 2 aliphatic carbocycles. The van der Waals surface area contributed by atoms with Crippen molar-refractivity contribution in [1.82, 2.24) is 0 Å². The molecule has 188 valence electrons. The largest absolute Gasteiger partial charge is 0.0735 e. The lowest BCUT2D eigenvalue weighted by Crippen LogP contribution is -2.18. The Bertz CT molecular complexity index is 1790. The molecule has 2 aliphatic rings. The molecule has 6 rings (SSSR count). The van der Waals surface area contributed by atoms with Crippen molar-refractivity contribution in [3.8, 4) is 0 Å². The third-order valence-corrected chi connectivity index (χ3v) is 8.13. The van der Waals surface area contributed by atoms with Crippen molar-refractivity contribution in [3.05, 3.63) is 157 Å². The van der Waals surface area contributed by atoms with Gasteiger partial charge in [0.15, 0.2) is 0 Å². The topological polar surface area (TPSA) is 0 Å². The first-order chi connectivity index (χ1) is 18.2. The average molecular weight is 493 g/mol. The third-order valence-electron chi connectivity index (χ3n) is 8.13. The van der Waals surface area contributed by atoms with Crippen LogP contribution in [-0.2, 0) is 0 Å². The van der Waals surface area contributed by atoms with Gasteiger partial charge in [0.2, 0.25) is 0 Å². The Morgan fingerprint density at radius 3 is 1.84 bits per heavy atom. The van der Waals surface area contributed by atoms with Gasteiger partial charge in [0.1, 0.15) is 0 Å². The van der Waals surface area contributed by atoms with E-state index in [4.69, 9.17) is 0 Å². The van der Waals surface area contributed by atoms with Crippen LogP contribution >= 0.6 is 0 Å². The lowest BCUT2D eigenvalue weighted by Gasteiger charge is -2.19. The molecule has 0 aromatic heterocycles. The molecule has 0 heteroatoms. The minimum absolute atomic E-state index is 0.112. The molecular weight excluding hydrogens is 456 g/mol. The summed E-state index contributed by atoms with van der Waals surface area (Å²) in [5.74, 6) is 0.351. The Balaban J connectivity index is 1.78. The molecule has 1 atom stereocenters. The normalized spacial score (nSPS) is 15.9. The van der Waals surface area contributed by atoms with Crippen LogP contribution in [0.4, 0.5) is 0 Å². The minimum atomic E-state index is 0.112. The van der Waals surface area contributed by atoms with E-state index in [0.717, 1.165) is 0 Å². The van der Waals surface area contributed by atoms with Crippen LogP contribution in [0.2, 0.25) is 0 Å². The summed E-state index contributed by atoms with van der Waals surface area (Å²) in [6.07, 6.45) is 7.36. The van der Waals surface area contributed by atoms with Gasteiger partial charge in [0.05, 0.1) is 0 Å². The Morgan fingerprint density at radius 1 is 0.658 bits per heavy atom. The molecule has 0 saturated heterocycles. The molecule has 0 N–H and O–H groups in total. The monoisotopic (exact) mass is 492 g/mol. The molecule has 0 fully saturated rings. The maximum absolute atomic E-state index is 2.47. The highest BCUT2D eigenvalue weighted by Crippen LogP contribution is 2.40. The molecule has 0 spiro atoms. The van der Waals surface area contributed by atoms with Crippen LogP contribution in [0.25, 0.3) is 17.2 Å². The van der Waals surface area contributed by atoms with E-state index in [0.29, 0.717) is 5.92 Å². The van der Waals surface area contributed by atoms with E-state index >= 15 is 0 Å². The molecule has 0 radical (unpaired) electrons. The molecule has 0 bridgehead atoms. The fourth-order valence-electron chi connectivity index (χ4n) is 5.94. The first kappa shape index (κ1) is 24.4. The number of hydrogen-bond donors (Lipinski definition) is 0. The summed E-state index contributed by atoms with van der Waals surface area (Å²) in [5.41, 5.74) is 12.0. The molecule has 0 amide bonds. The molecule has 0 saturated carbocycles. The van der Waals surface area contributed by atoms with Gasteiger partial charge in [-0.05, 0) is 85.2 Å². The van der Waals surface area contributed by atoms with Crippen LogP contribution in [0, 0.1) is 35.6 Å². The standard InChI is InChI=1S/C38H36/c1-24-11-15-27(16-12-24)36(28-17-13-25(2)14-18-28)33-20-19-32-31-10-8-7-9-29(31)22-35(32)37(33)34-23-30(21-26(34)3)38(4,5)6/h7-23,26H,1-6H3. The predicted molar refractivity (Wildman–Crippen MR) is 162 cm³/mol. The zero-order valence-corrected chi connectivity index (χ0v) is 23.4. The molecule has 0 heterocycles. The summed E-state index contributed by atoms with van der Waals surface area (Å²) in [6, 6.07) is 31.6. The highest BCUT2D eigenvalue weighted by molar-refractivity contribution is 5.88. The average Bonchev–Trinajstić information content (AvgIpc) is 3.47. The number of hydrogen-bond acceptors (Lipinski definition) is 0. The maximum atomic E-state index is 2.47. The summed E-state index contributed by atoms with van der Waals surface area (Å²) < 4.78 is 0. The first-order valence-electron chi connectivity index (χ1n) is 13.8. The van der Waals surface area contributed by atoms with Gasteiger partial charge in [-0.2, -0.15) is 0 Å². The quantitative estimate of drug-likeness (QED) is 0.239. The van der Waals surface area contributed by atoms with Crippen LogP contribution in [-0.4, -0.2) is 0 Å². The van der Waals surface area contributed by atoms with Gasteiger partial charge < -0.3 is 0 Å². The van der Waals surface area contributed by atoms with E-state index in [-0.39, 0.29) is 5.41 Å². The summed E-state index contributed by atoms with van der Waals surface area (Å²) in [6.45, 7) is 13.6. The lowest BCUT2D eigenvalue weighted by atomic mass is 9.85. The van der Waals surface area contributed by atoms with E-state index in [2.05, 4.69) is 145 Å². The second kappa shape index (κ2) is 9.14. The molecule has 38 heavy (non-hydrogen) atoms. The van der Waals surface area contributed by atoms with Crippen molar-refractivity contribution in [2.45, 2.75) is 41.5 Å². The van der Waals surface area contributed by atoms with Gasteiger partial charge in [-0.25, -0.2) is 0 Å². The predicted octanol–water partition coefficient (Wildman–Crippen LogP) is 7.99. The summed E-state index contributed by atoms with van der Waals surface area (Å²) >= 11 is 0. The second-order valence-corrected chi connectivity index (χ2v) is 12.0. The van der Waals surface area contributed by atoms with Crippen molar-refractivity contribution in [3.63, 3.8) is 0 Å². The van der Waals surface area contributed by atoms with E-state index in [1.807, 2.05) is 0 Å². The Labute approximate surface area is 226 Å². The van der Waals surface area contributed by atoms with Crippen LogP contribution < -0.4 is 10.4 Å². The fourth-order valence-corrected chi connectivity index (χ4v) is 5.94. The van der Waals surface area contributed by atoms with Crippen molar-refractivity contribution < 1.29 is 0 Å². The number of fused-ring (bicyclic) bond motifs is 2. The van der Waals surface area contributed by atoms with Gasteiger partial charge in [0, 0.05) is 5.92 Å². The number of allylic oxidation sites excluding steroid dienone is 4. The molecule has 4 aromatic carbocycles. The minimum Gasteiger partial charge on any atom is -0.0735 e. The molecular formula is C38H36. The van der Waals surface area contributed by atoms with E-state index in [9.17, 15) is 0 Å². The van der Waals surface area contributed by atoms with Gasteiger partial charge >= 0.3 is 0 Å². The molecule has 0 aliphatic heterocycles. The number of rotatable bonds is 3. The summed E-state index contributed by atoms with van der Waals surface area (Å²) in [7, 11) is 0. The van der Waals surface area contributed by atoms with Gasteiger partial charge in [-0.15, -0.1) is 0 Å². The highest BCUT2D eigenvalue weighted by Gasteiger charge is 2.27. The van der Waals surface area contributed by atoms with Crippen LogP contribution in [0.5, 0.6) is 0 Å². The van der Waals surface area contributed by atoms with Gasteiger partial charge in [-0.1, -0.05) is 136 Å². The Hall–Kier alpha value is -3.90. The van der Waals surface area contributed by atoms with Crippen LogP contribution in [0.3, 0.4) is 0 Å². The third kappa shape index (κ3) is 4.19. The van der Waals surface area contributed by atoms with Crippen molar-refractivity contribution >= 4 is 17.2 Å². The zero-order chi connectivity index (χ0) is 26.6. The Morgan fingerprint density at radius 2 is 1.26 bits per heavy atom. The Kier molecular flexibility index (Phi) is 5.88. The van der Waals surface area contributed by atoms with E-state index in [1.54, 1.807) is 0 Å². The molecule has 0 nitrogen and oxygen atoms in total. The summed E-state index contributed by atoms with van der Waals surface area (Å²) in [4.78, 5) is 0. The number of benzene rings is 4. The highest BCUT2D eigenvalue weighted by atomic mass is 14.3. The van der Waals surface area contributed by atoms with Crippen molar-refractivity contribution in [2.75, 3.05) is 0 Å². The molecule has 4 aromatic rings. The van der Waals surface area contributed by atoms with Crippen molar-refractivity contribution in [2.24, 2.45) is 11.3 Å².